The van der Waals surface area contributed by atoms with Crippen LogP contribution < -0.4 is 5.56 Å². The minimum atomic E-state index is -0.0351. The summed E-state index contributed by atoms with van der Waals surface area (Å²) in [5, 5.41) is 9.45. The van der Waals surface area contributed by atoms with Gasteiger partial charge < -0.3 is 0 Å². The monoisotopic (exact) mass is 359 g/mol. The van der Waals surface area contributed by atoms with Gasteiger partial charge in [0.2, 0.25) is 5.78 Å². The van der Waals surface area contributed by atoms with E-state index in [1.54, 1.807) is 11.6 Å². The van der Waals surface area contributed by atoms with Crippen molar-refractivity contribution in [1.29, 1.82) is 0 Å². The molecule has 2 aromatic heterocycles. The number of benzene rings is 2. The summed E-state index contributed by atoms with van der Waals surface area (Å²) >= 11 is 0. The van der Waals surface area contributed by atoms with Gasteiger partial charge in [-0.2, -0.15) is 0 Å². The van der Waals surface area contributed by atoms with E-state index < -0.39 is 0 Å². The average molecular weight is 359 g/mol. The number of hydrogen-bond donors (Lipinski definition) is 0. The van der Waals surface area contributed by atoms with Gasteiger partial charge in [-0.05, 0) is 36.6 Å². The summed E-state index contributed by atoms with van der Waals surface area (Å²) in [6.45, 7) is 4.61. The molecule has 1 aliphatic rings. The molecule has 0 atom stereocenters. The maximum absolute atomic E-state index is 12.7. The van der Waals surface area contributed by atoms with Gasteiger partial charge in [-0.15, -0.1) is 10.2 Å². The molecular weight excluding hydrogens is 338 g/mol. The van der Waals surface area contributed by atoms with Gasteiger partial charge >= 0.3 is 0 Å². The van der Waals surface area contributed by atoms with Gasteiger partial charge in [0.1, 0.15) is 0 Å². The minimum absolute atomic E-state index is 0.0351. The normalized spacial score (nSPS) is 14.7. The van der Waals surface area contributed by atoms with E-state index in [0.717, 1.165) is 36.4 Å². The van der Waals surface area contributed by atoms with E-state index in [-0.39, 0.29) is 5.56 Å². The first-order chi connectivity index (χ1) is 13.1. The van der Waals surface area contributed by atoms with E-state index in [2.05, 4.69) is 39.4 Å². The van der Waals surface area contributed by atoms with E-state index in [4.69, 9.17) is 0 Å². The summed E-state index contributed by atoms with van der Waals surface area (Å²) in [5.74, 6) is 1.46. The maximum atomic E-state index is 12.7. The molecule has 4 aromatic rings. The Morgan fingerprint density at radius 1 is 1.07 bits per heavy atom. The topological polar surface area (TPSA) is 55.4 Å². The highest BCUT2D eigenvalue weighted by Gasteiger charge is 2.20. The van der Waals surface area contributed by atoms with Crippen LogP contribution in [0.5, 0.6) is 0 Å². The van der Waals surface area contributed by atoms with Crippen molar-refractivity contribution in [3.8, 4) is 0 Å². The molecule has 6 heteroatoms. The molecule has 0 saturated heterocycles. The van der Waals surface area contributed by atoms with E-state index in [1.807, 2.05) is 29.5 Å². The van der Waals surface area contributed by atoms with Crippen molar-refractivity contribution >= 4 is 16.7 Å². The van der Waals surface area contributed by atoms with Crippen molar-refractivity contribution in [3.63, 3.8) is 0 Å². The Hall–Kier alpha value is -2.99. The molecule has 0 amide bonds. The predicted octanol–water partition coefficient (Wildman–Crippen LogP) is 2.45. The molecule has 0 aliphatic carbocycles. The zero-order valence-electron chi connectivity index (χ0n) is 15.5. The van der Waals surface area contributed by atoms with Crippen molar-refractivity contribution in [1.82, 2.24) is 24.1 Å². The summed E-state index contributed by atoms with van der Waals surface area (Å²) in [7, 11) is 1.76. The van der Waals surface area contributed by atoms with E-state index in [1.165, 1.54) is 11.1 Å². The second-order valence-electron chi connectivity index (χ2n) is 7.37. The molecule has 1 aliphatic heterocycles. The fourth-order valence-electron chi connectivity index (χ4n) is 4.05. The number of aromatic nitrogens is 4. The second kappa shape index (κ2) is 6.03. The molecule has 0 saturated carbocycles. The number of nitrogens with zero attached hydrogens (tertiary/aromatic N) is 5. The molecule has 2 aromatic carbocycles. The van der Waals surface area contributed by atoms with Crippen LogP contribution in [0.2, 0.25) is 0 Å². The van der Waals surface area contributed by atoms with Crippen LogP contribution in [-0.2, 0) is 26.6 Å². The van der Waals surface area contributed by atoms with Crippen LogP contribution in [0.15, 0.2) is 47.3 Å². The van der Waals surface area contributed by atoms with Crippen molar-refractivity contribution in [2.24, 2.45) is 7.05 Å². The Kier molecular flexibility index (Phi) is 3.62. The first kappa shape index (κ1) is 16.2. The van der Waals surface area contributed by atoms with Gasteiger partial charge in [0.25, 0.3) is 5.56 Å². The molecule has 5 rings (SSSR count). The van der Waals surface area contributed by atoms with Crippen LogP contribution in [-0.4, -0.2) is 30.6 Å². The lowest BCUT2D eigenvalue weighted by atomic mass is 10.00. The predicted molar refractivity (Wildman–Crippen MR) is 105 cm³/mol. The summed E-state index contributed by atoms with van der Waals surface area (Å²) in [6, 6.07) is 14.6. The van der Waals surface area contributed by atoms with Crippen LogP contribution in [0.1, 0.15) is 22.5 Å². The SMILES string of the molecule is Cc1ccc2c(c1)c(=O)n(C)c1nnc(CN3CCc4ccccc4C3)n21. The fourth-order valence-corrected chi connectivity index (χ4v) is 4.05. The average Bonchev–Trinajstić information content (AvgIpc) is 3.10. The highest BCUT2D eigenvalue weighted by atomic mass is 16.1. The second-order valence-corrected chi connectivity index (χ2v) is 7.37. The zero-order valence-corrected chi connectivity index (χ0v) is 15.5. The van der Waals surface area contributed by atoms with Gasteiger partial charge in [-0.1, -0.05) is 35.9 Å². The van der Waals surface area contributed by atoms with E-state index >= 15 is 0 Å². The number of hydrogen-bond acceptors (Lipinski definition) is 4. The lowest BCUT2D eigenvalue weighted by Gasteiger charge is -2.28. The summed E-state index contributed by atoms with van der Waals surface area (Å²) in [6.07, 6.45) is 1.05. The smallest absolute Gasteiger partial charge is 0.262 e. The van der Waals surface area contributed by atoms with Crippen LogP contribution in [0.4, 0.5) is 0 Å². The molecule has 0 N–H and O–H groups in total. The minimum Gasteiger partial charge on any atom is -0.291 e. The number of rotatable bonds is 2. The maximum Gasteiger partial charge on any atom is 0.262 e. The summed E-state index contributed by atoms with van der Waals surface area (Å²) < 4.78 is 3.61. The van der Waals surface area contributed by atoms with Gasteiger partial charge in [-0.3, -0.25) is 18.7 Å². The van der Waals surface area contributed by atoms with Crippen LogP contribution >= 0.6 is 0 Å². The molecular formula is C21H21N5O. The Balaban J connectivity index is 1.61. The van der Waals surface area contributed by atoms with E-state index in [0.29, 0.717) is 17.7 Å². The molecule has 136 valence electrons. The fraction of sp³-hybridized carbons (Fsp3) is 0.286. The molecule has 3 heterocycles. The molecule has 6 nitrogen and oxygen atoms in total. The van der Waals surface area contributed by atoms with Gasteiger partial charge in [-0.25, -0.2) is 0 Å². The first-order valence-corrected chi connectivity index (χ1v) is 9.24. The third kappa shape index (κ3) is 2.56. The molecule has 0 unspecified atom stereocenters. The Labute approximate surface area is 156 Å². The molecule has 0 spiro atoms. The highest BCUT2D eigenvalue weighted by Crippen LogP contribution is 2.21. The molecule has 0 bridgehead atoms. The third-order valence-corrected chi connectivity index (χ3v) is 5.52. The van der Waals surface area contributed by atoms with Crippen LogP contribution in [0, 0.1) is 6.92 Å². The third-order valence-electron chi connectivity index (χ3n) is 5.52. The van der Waals surface area contributed by atoms with Crippen LogP contribution in [0.25, 0.3) is 16.7 Å². The van der Waals surface area contributed by atoms with Crippen molar-refractivity contribution < 1.29 is 0 Å². The number of aryl methyl sites for hydroxylation is 2. The van der Waals surface area contributed by atoms with Crippen molar-refractivity contribution in [2.75, 3.05) is 6.54 Å². The number of fused-ring (bicyclic) bond motifs is 4. The Morgan fingerprint density at radius 2 is 1.89 bits per heavy atom. The van der Waals surface area contributed by atoms with Crippen molar-refractivity contribution in [3.05, 3.63) is 75.3 Å². The first-order valence-electron chi connectivity index (χ1n) is 9.24. The standard InChI is InChI=1S/C21H21N5O/c1-14-7-8-18-17(11-14)20(27)24(2)21-23-22-19(26(18)21)13-25-10-9-15-5-3-4-6-16(15)12-25/h3-8,11H,9-10,12-13H2,1-2H3. The lowest BCUT2D eigenvalue weighted by molar-refractivity contribution is 0.239. The van der Waals surface area contributed by atoms with Gasteiger partial charge in [0.15, 0.2) is 5.82 Å². The quantitative estimate of drug-likeness (QED) is 0.552. The Bertz CT molecular complexity index is 1240. The summed E-state index contributed by atoms with van der Waals surface area (Å²) in [4.78, 5) is 15.1. The van der Waals surface area contributed by atoms with Crippen molar-refractivity contribution in [2.45, 2.75) is 26.4 Å². The highest BCUT2D eigenvalue weighted by molar-refractivity contribution is 5.81. The zero-order chi connectivity index (χ0) is 18.5. The molecule has 27 heavy (non-hydrogen) atoms. The molecule has 0 fully saturated rings. The Morgan fingerprint density at radius 3 is 2.74 bits per heavy atom. The lowest BCUT2D eigenvalue weighted by Crippen LogP contribution is -2.31. The van der Waals surface area contributed by atoms with Crippen LogP contribution in [0.3, 0.4) is 0 Å². The largest absolute Gasteiger partial charge is 0.291 e. The molecule has 0 radical (unpaired) electrons. The van der Waals surface area contributed by atoms with Gasteiger partial charge in [0, 0.05) is 20.1 Å². The van der Waals surface area contributed by atoms with Gasteiger partial charge in [0.05, 0.1) is 17.4 Å². The summed E-state index contributed by atoms with van der Waals surface area (Å²) in [5.41, 5.74) is 4.72. The van der Waals surface area contributed by atoms with E-state index in [9.17, 15) is 4.79 Å².